The molecule has 0 saturated heterocycles. The molecule has 0 unspecified atom stereocenters. The van der Waals surface area contributed by atoms with Gasteiger partial charge in [-0.05, 0) is 12.1 Å². The lowest BCUT2D eigenvalue weighted by molar-refractivity contribution is 0.174. The Balaban J connectivity index is 1.96. The summed E-state index contributed by atoms with van der Waals surface area (Å²) in [5, 5.41) is 0. The topological polar surface area (TPSA) is 104 Å². The normalized spacial score (nSPS) is 13.2. The molecule has 2 heterocycles. The van der Waals surface area contributed by atoms with E-state index in [2.05, 4.69) is 9.71 Å². The quantitative estimate of drug-likeness (QED) is 0.824. The van der Waals surface area contributed by atoms with Gasteiger partial charge in [-0.3, -0.25) is 9.71 Å². The van der Waals surface area contributed by atoms with Crippen molar-refractivity contribution in [3.8, 4) is 11.5 Å². The fourth-order valence-electron chi connectivity index (χ4n) is 1.76. The van der Waals surface area contributed by atoms with E-state index in [0.29, 0.717) is 11.5 Å². The van der Waals surface area contributed by atoms with Crippen LogP contribution in [0, 0.1) is 0 Å². The van der Waals surface area contributed by atoms with Crippen LogP contribution in [0.1, 0.15) is 0 Å². The molecule has 20 heavy (non-hydrogen) atoms. The number of pyridine rings is 1. The van der Waals surface area contributed by atoms with E-state index in [-0.39, 0.29) is 23.1 Å². The van der Waals surface area contributed by atoms with Crippen molar-refractivity contribution in [2.24, 2.45) is 0 Å². The van der Waals surface area contributed by atoms with Crippen LogP contribution in [0.5, 0.6) is 11.5 Å². The lowest BCUT2D eigenvalue weighted by Gasteiger charge is -2.10. The van der Waals surface area contributed by atoms with Gasteiger partial charge in [-0.15, -0.1) is 0 Å². The van der Waals surface area contributed by atoms with Crippen molar-refractivity contribution in [2.75, 3.05) is 17.2 Å². The van der Waals surface area contributed by atoms with Gasteiger partial charge in [-0.2, -0.15) is 0 Å². The van der Waals surface area contributed by atoms with Gasteiger partial charge < -0.3 is 15.2 Å². The molecule has 7 nitrogen and oxygen atoms in total. The van der Waals surface area contributed by atoms with Crippen LogP contribution in [0.2, 0.25) is 0 Å². The van der Waals surface area contributed by atoms with Gasteiger partial charge >= 0.3 is 0 Å². The number of sulfonamides is 1. The summed E-state index contributed by atoms with van der Waals surface area (Å²) in [4.78, 5) is 3.83. The lowest BCUT2D eigenvalue weighted by Crippen LogP contribution is -2.14. The van der Waals surface area contributed by atoms with Gasteiger partial charge in [0.15, 0.2) is 11.5 Å². The van der Waals surface area contributed by atoms with Gasteiger partial charge in [0.1, 0.15) is 4.90 Å². The highest BCUT2D eigenvalue weighted by Gasteiger charge is 2.20. The van der Waals surface area contributed by atoms with Crippen molar-refractivity contribution in [2.45, 2.75) is 4.90 Å². The van der Waals surface area contributed by atoms with Crippen LogP contribution in [0.25, 0.3) is 0 Å². The molecule has 1 aromatic heterocycles. The zero-order chi connectivity index (χ0) is 14.2. The molecular weight excluding hydrogens is 282 g/mol. The molecule has 8 heteroatoms. The number of fused-ring (bicyclic) bond motifs is 1. The Kier molecular flexibility index (Phi) is 2.87. The molecule has 1 aromatic carbocycles. The van der Waals surface area contributed by atoms with Gasteiger partial charge in [0.25, 0.3) is 10.0 Å². The van der Waals surface area contributed by atoms with Gasteiger partial charge in [0.05, 0.1) is 11.4 Å². The molecule has 0 saturated carbocycles. The number of benzene rings is 1. The average Bonchev–Trinajstić information content (AvgIpc) is 2.87. The molecule has 1 aliphatic rings. The van der Waals surface area contributed by atoms with Crippen molar-refractivity contribution < 1.29 is 17.9 Å². The van der Waals surface area contributed by atoms with Crippen LogP contribution in [0.4, 0.5) is 11.4 Å². The molecule has 0 fully saturated rings. The minimum Gasteiger partial charge on any atom is -0.454 e. The Morgan fingerprint density at radius 3 is 2.70 bits per heavy atom. The number of hydrogen-bond acceptors (Lipinski definition) is 6. The van der Waals surface area contributed by atoms with E-state index in [1.807, 2.05) is 0 Å². The molecule has 1 aliphatic heterocycles. The number of rotatable bonds is 3. The SMILES string of the molecule is Nc1cc2c(cc1NS(=O)(=O)c1cccnc1)OCO2. The first-order valence-electron chi connectivity index (χ1n) is 5.68. The number of hydrogen-bond donors (Lipinski definition) is 2. The van der Waals surface area contributed by atoms with E-state index in [9.17, 15) is 8.42 Å². The second kappa shape index (κ2) is 4.57. The van der Waals surface area contributed by atoms with Crippen molar-refractivity contribution in [1.29, 1.82) is 0 Å². The van der Waals surface area contributed by atoms with Crippen LogP contribution >= 0.6 is 0 Å². The Morgan fingerprint density at radius 1 is 1.25 bits per heavy atom. The van der Waals surface area contributed by atoms with Gasteiger partial charge in [-0.25, -0.2) is 8.42 Å². The Labute approximate surface area is 115 Å². The zero-order valence-corrected chi connectivity index (χ0v) is 11.1. The number of ether oxygens (including phenoxy) is 2. The number of nitrogens with two attached hydrogens (primary N) is 1. The third kappa shape index (κ3) is 2.21. The summed E-state index contributed by atoms with van der Waals surface area (Å²) < 4.78 is 37.1. The molecule has 2 aromatic rings. The van der Waals surface area contributed by atoms with Crippen molar-refractivity contribution >= 4 is 21.4 Å². The van der Waals surface area contributed by atoms with Crippen LogP contribution in [0.15, 0.2) is 41.6 Å². The van der Waals surface area contributed by atoms with E-state index in [0.717, 1.165) is 0 Å². The summed E-state index contributed by atoms with van der Waals surface area (Å²) in [6, 6.07) is 5.99. The molecule has 0 atom stereocenters. The summed E-state index contributed by atoms with van der Waals surface area (Å²) in [7, 11) is -3.74. The first kappa shape index (κ1) is 12.5. The third-order valence-electron chi connectivity index (χ3n) is 2.73. The van der Waals surface area contributed by atoms with Crippen LogP contribution < -0.4 is 19.9 Å². The number of nitrogen functional groups attached to an aromatic ring is 1. The van der Waals surface area contributed by atoms with Crippen molar-refractivity contribution in [3.05, 3.63) is 36.7 Å². The molecule has 0 amide bonds. The molecule has 3 N–H and O–H groups in total. The number of aromatic nitrogens is 1. The fraction of sp³-hybridized carbons (Fsp3) is 0.0833. The van der Waals surface area contributed by atoms with E-state index in [1.165, 1.54) is 36.7 Å². The minimum atomic E-state index is -3.74. The predicted octanol–water partition coefficient (Wildman–Crippen LogP) is 1.19. The smallest absolute Gasteiger partial charge is 0.263 e. The van der Waals surface area contributed by atoms with E-state index in [1.54, 1.807) is 0 Å². The minimum absolute atomic E-state index is 0.0528. The van der Waals surface area contributed by atoms with E-state index in [4.69, 9.17) is 15.2 Å². The maximum Gasteiger partial charge on any atom is 0.263 e. The second-order valence-corrected chi connectivity index (χ2v) is 5.77. The highest BCUT2D eigenvalue weighted by atomic mass is 32.2. The summed E-state index contributed by atoms with van der Waals surface area (Å²) >= 11 is 0. The maximum atomic E-state index is 12.2. The van der Waals surface area contributed by atoms with Crippen LogP contribution in [0.3, 0.4) is 0 Å². The van der Waals surface area contributed by atoms with Gasteiger partial charge in [0, 0.05) is 24.5 Å². The second-order valence-electron chi connectivity index (χ2n) is 4.09. The molecule has 0 spiro atoms. The summed E-state index contributed by atoms with van der Waals surface area (Å²) in [5.41, 5.74) is 6.29. The van der Waals surface area contributed by atoms with Crippen LogP contribution in [-0.2, 0) is 10.0 Å². The number of nitrogens with one attached hydrogen (secondary N) is 1. The number of nitrogens with zero attached hydrogens (tertiary/aromatic N) is 1. The standard InChI is InChI=1S/C12H11N3O4S/c13-9-4-11-12(19-7-18-11)5-10(9)15-20(16,17)8-2-1-3-14-6-8/h1-6,15H,7,13H2. The fourth-order valence-corrected chi connectivity index (χ4v) is 2.80. The lowest BCUT2D eigenvalue weighted by atomic mass is 10.2. The molecular formula is C12H11N3O4S. The monoisotopic (exact) mass is 293 g/mol. The van der Waals surface area contributed by atoms with Gasteiger partial charge in [-0.1, -0.05) is 0 Å². The van der Waals surface area contributed by atoms with E-state index >= 15 is 0 Å². The molecule has 0 radical (unpaired) electrons. The van der Waals surface area contributed by atoms with Crippen LogP contribution in [-0.4, -0.2) is 20.2 Å². The zero-order valence-electron chi connectivity index (χ0n) is 10.2. The summed E-state index contributed by atoms with van der Waals surface area (Å²) in [6.07, 6.45) is 2.75. The third-order valence-corrected chi connectivity index (χ3v) is 4.08. The predicted molar refractivity (Wildman–Crippen MR) is 72.0 cm³/mol. The summed E-state index contributed by atoms with van der Waals surface area (Å²) in [6.45, 7) is 0.0909. The highest BCUT2D eigenvalue weighted by Crippen LogP contribution is 2.38. The first-order valence-corrected chi connectivity index (χ1v) is 7.16. The highest BCUT2D eigenvalue weighted by molar-refractivity contribution is 7.92. The molecule has 0 bridgehead atoms. The van der Waals surface area contributed by atoms with Crippen molar-refractivity contribution in [3.63, 3.8) is 0 Å². The Hall–Kier alpha value is -2.48. The average molecular weight is 293 g/mol. The Morgan fingerprint density at radius 2 is 2.00 bits per heavy atom. The largest absolute Gasteiger partial charge is 0.454 e. The van der Waals surface area contributed by atoms with Crippen molar-refractivity contribution in [1.82, 2.24) is 4.98 Å². The summed E-state index contributed by atoms with van der Waals surface area (Å²) in [5.74, 6) is 0.940. The maximum absolute atomic E-state index is 12.2. The number of anilines is 2. The molecule has 3 rings (SSSR count). The van der Waals surface area contributed by atoms with Gasteiger partial charge in [0.2, 0.25) is 6.79 Å². The Bertz CT molecular complexity index is 747. The molecule has 0 aliphatic carbocycles. The molecule has 104 valence electrons. The van der Waals surface area contributed by atoms with E-state index < -0.39 is 10.0 Å². The first-order chi connectivity index (χ1) is 9.56.